The standard InChI is InChI=1S/C18H17BrN2O2/c1-12-7-8-15(11-16(12)21-9-3-6-17(21)22)20-18(23)13-4-2-5-14(19)10-13/h2,4-5,7-8,10-11H,3,6,9H2,1H3,(H,20,23). The molecule has 0 unspecified atom stereocenters. The summed E-state index contributed by atoms with van der Waals surface area (Å²) < 4.78 is 0.859. The van der Waals surface area contributed by atoms with Gasteiger partial charge in [-0.15, -0.1) is 0 Å². The van der Waals surface area contributed by atoms with E-state index in [9.17, 15) is 9.59 Å². The zero-order valence-corrected chi connectivity index (χ0v) is 14.4. The van der Waals surface area contributed by atoms with E-state index < -0.39 is 0 Å². The fraction of sp³-hybridized carbons (Fsp3) is 0.222. The second-order valence-electron chi connectivity index (χ2n) is 5.61. The molecule has 118 valence electrons. The smallest absolute Gasteiger partial charge is 0.255 e. The Bertz CT molecular complexity index is 773. The molecule has 1 N–H and O–H groups in total. The second kappa shape index (κ2) is 6.54. The van der Waals surface area contributed by atoms with Crippen molar-refractivity contribution in [3.63, 3.8) is 0 Å². The minimum absolute atomic E-state index is 0.142. The Balaban J connectivity index is 1.83. The first-order chi connectivity index (χ1) is 11.0. The summed E-state index contributed by atoms with van der Waals surface area (Å²) in [6.45, 7) is 2.71. The number of rotatable bonds is 3. The Hall–Kier alpha value is -2.14. The highest BCUT2D eigenvalue weighted by molar-refractivity contribution is 9.10. The number of anilines is 2. The molecule has 0 bridgehead atoms. The summed E-state index contributed by atoms with van der Waals surface area (Å²) in [6, 6.07) is 12.9. The molecule has 1 saturated heterocycles. The van der Waals surface area contributed by atoms with E-state index in [-0.39, 0.29) is 11.8 Å². The molecular weight excluding hydrogens is 356 g/mol. The van der Waals surface area contributed by atoms with Gasteiger partial charge in [0.25, 0.3) is 5.91 Å². The van der Waals surface area contributed by atoms with Crippen LogP contribution in [0, 0.1) is 6.92 Å². The minimum Gasteiger partial charge on any atom is -0.322 e. The van der Waals surface area contributed by atoms with Gasteiger partial charge in [-0.1, -0.05) is 28.1 Å². The lowest BCUT2D eigenvalue weighted by Gasteiger charge is -2.19. The molecule has 0 aliphatic carbocycles. The summed E-state index contributed by atoms with van der Waals surface area (Å²) in [6.07, 6.45) is 1.47. The number of halogens is 1. The van der Waals surface area contributed by atoms with Crippen molar-refractivity contribution in [2.24, 2.45) is 0 Å². The number of nitrogens with zero attached hydrogens (tertiary/aromatic N) is 1. The molecule has 2 amide bonds. The fourth-order valence-electron chi connectivity index (χ4n) is 2.71. The van der Waals surface area contributed by atoms with E-state index >= 15 is 0 Å². The summed E-state index contributed by atoms with van der Waals surface area (Å²) in [4.78, 5) is 26.1. The molecule has 0 spiro atoms. The molecular formula is C18H17BrN2O2. The highest BCUT2D eigenvalue weighted by Gasteiger charge is 2.23. The Labute approximate surface area is 143 Å². The van der Waals surface area contributed by atoms with E-state index in [0.29, 0.717) is 17.7 Å². The van der Waals surface area contributed by atoms with Gasteiger partial charge in [-0.3, -0.25) is 9.59 Å². The molecule has 0 saturated carbocycles. The SMILES string of the molecule is Cc1ccc(NC(=O)c2cccc(Br)c2)cc1N1CCCC1=O. The Morgan fingerprint density at radius 3 is 2.74 bits per heavy atom. The topological polar surface area (TPSA) is 49.4 Å². The van der Waals surface area contributed by atoms with E-state index in [1.165, 1.54) is 0 Å². The van der Waals surface area contributed by atoms with Gasteiger partial charge in [-0.25, -0.2) is 0 Å². The van der Waals surface area contributed by atoms with E-state index in [1.54, 1.807) is 17.0 Å². The zero-order valence-electron chi connectivity index (χ0n) is 12.8. The van der Waals surface area contributed by atoms with E-state index in [0.717, 1.165) is 28.7 Å². The van der Waals surface area contributed by atoms with Crippen LogP contribution in [0.3, 0.4) is 0 Å². The molecule has 1 fully saturated rings. The van der Waals surface area contributed by atoms with Gasteiger partial charge in [0.2, 0.25) is 5.91 Å². The molecule has 1 heterocycles. The Morgan fingerprint density at radius 1 is 1.22 bits per heavy atom. The number of hydrogen-bond donors (Lipinski definition) is 1. The van der Waals surface area contributed by atoms with Gasteiger partial charge in [0.15, 0.2) is 0 Å². The maximum atomic E-state index is 12.3. The molecule has 0 aromatic heterocycles. The lowest BCUT2D eigenvalue weighted by atomic mass is 10.1. The van der Waals surface area contributed by atoms with Crippen LogP contribution in [0.4, 0.5) is 11.4 Å². The van der Waals surface area contributed by atoms with Crippen molar-refractivity contribution in [2.75, 3.05) is 16.8 Å². The zero-order chi connectivity index (χ0) is 16.4. The molecule has 0 atom stereocenters. The summed E-state index contributed by atoms with van der Waals surface area (Å²) in [5.41, 5.74) is 3.18. The number of benzene rings is 2. The van der Waals surface area contributed by atoms with Gasteiger partial charge < -0.3 is 10.2 Å². The first-order valence-electron chi connectivity index (χ1n) is 7.52. The van der Waals surface area contributed by atoms with E-state index in [4.69, 9.17) is 0 Å². The van der Waals surface area contributed by atoms with Gasteiger partial charge in [-0.2, -0.15) is 0 Å². The average molecular weight is 373 g/mol. The molecule has 1 aliphatic rings. The van der Waals surface area contributed by atoms with Gasteiger partial charge in [0.05, 0.1) is 0 Å². The third-order valence-electron chi connectivity index (χ3n) is 3.92. The number of nitrogens with one attached hydrogen (secondary N) is 1. The first kappa shape index (κ1) is 15.7. The molecule has 23 heavy (non-hydrogen) atoms. The monoisotopic (exact) mass is 372 g/mol. The normalized spacial score (nSPS) is 14.2. The Morgan fingerprint density at radius 2 is 2.04 bits per heavy atom. The first-order valence-corrected chi connectivity index (χ1v) is 8.32. The minimum atomic E-state index is -0.172. The van der Waals surface area contributed by atoms with Crippen LogP contribution in [-0.2, 0) is 4.79 Å². The van der Waals surface area contributed by atoms with Crippen LogP contribution < -0.4 is 10.2 Å². The maximum absolute atomic E-state index is 12.3. The number of aryl methyl sites for hydroxylation is 1. The fourth-order valence-corrected chi connectivity index (χ4v) is 3.11. The van der Waals surface area contributed by atoms with Crippen molar-refractivity contribution in [2.45, 2.75) is 19.8 Å². The quantitative estimate of drug-likeness (QED) is 0.879. The molecule has 3 rings (SSSR count). The van der Waals surface area contributed by atoms with Crippen LogP contribution in [0.25, 0.3) is 0 Å². The van der Waals surface area contributed by atoms with Crippen LogP contribution in [0.5, 0.6) is 0 Å². The molecule has 2 aromatic rings. The summed E-state index contributed by atoms with van der Waals surface area (Å²) in [5.74, 6) is -0.0302. The Kier molecular flexibility index (Phi) is 4.48. The second-order valence-corrected chi connectivity index (χ2v) is 6.53. The lowest BCUT2D eigenvalue weighted by molar-refractivity contribution is -0.117. The van der Waals surface area contributed by atoms with Crippen LogP contribution in [-0.4, -0.2) is 18.4 Å². The lowest BCUT2D eigenvalue weighted by Crippen LogP contribution is -2.24. The summed E-state index contributed by atoms with van der Waals surface area (Å²) in [7, 11) is 0. The predicted octanol–water partition coefficient (Wildman–Crippen LogP) is 4.14. The van der Waals surface area contributed by atoms with Crippen LogP contribution in [0.2, 0.25) is 0 Å². The molecule has 1 aliphatic heterocycles. The van der Waals surface area contributed by atoms with Crippen molar-refractivity contribution in [3.8, 4) is 0 Å². The third kappa shape index (κ3) is 3.45. The molecule has 4 nitrogen and oxygen atoms in total. The van der Waals surface area contributed by atoms with E-state index in [2.05, 4.69) is 21.2 Å². The summed E-state index contributed by atoms with van der Waals surface area (Å²) in [5, 5.41) is 2.89. The molecule has 0 radical (unpaired) electrons. The van der Waals surface area contributed by atoms with Crippen molar-refractivity contribution < 1.29 is 9.59 Å². The van der Waals surface area contributed by atoms with Crippen molar-refractivity contribution >= 4 is 39.1 Å². The van der Waals surface area contributed by atoms with Crippen molar-refractivity contribution in [3.05, 3.63) is 58.1 Å². The van der Waals surface area contributed by atoms with Crippen LogP contribution in [0.1, 0.15) is 28.8 Å². The maximum Gasteiger partial charge on any atom is 0.255 e. The highest BCUT2D eigenvalue weighted by atomic mass is 79.9. The molecule has 2 aromatic carbocycles. The van der Waals surface area contributed by atoms with Crippen molar-refractivity contribution in [1.29, 1.82) is 0 Å². The van der Waals surface area contributed by atoms with Crippen LogP contribution >= 0.6 is 15.9 Å². The van der Waals surface area contributed by atoms with Crippen LogP contribution in [0.15, 0.2) is 46.9 Å². The highest BCUT2D eigenvalue weighted by Crippen LogP contribution is 2.28. The van der Waals surface area contributed by atoms with Gasteiger partial charge in [-0.05, 0) is 49.2 Å². The largest absolute Gasteiger partial charge is 0.322 e. The van der Waals surface area contributed by atoms with Gasteiger partial charge >= 0.3 is 0 Å². The number of hydrogen-bond acceptors (Lipinski definition) is 2. The number of carbonyl (C=O) groups is 2. The number of amides is 2. The van der Waals surface area contributed by atoms with Crippen molar-refractivity contribution in [1.82, 2.24) is 0 Å². The third-order valence-corrected chi connectivity index (χ3v) is 4.41. The van der Waals surface area contributed by atoms with E-state index in [1.807, 2.05) is 37.3 Å². The molecule has 5 heteroatoms. The predicted molar refractivity (Wildman–Crippen MR) is 94.9 cm³/mol. The number of carbonyl (C=O) groups excluding carboxylic acids is 2. The average Bonchev–Trinajstić information content (AvgIpc) is 2.95. The van der Waals surface area contributed by atoms with Gasteiger partial charge in [0, 0.05) is 34.4 Å². The van der Waals surface area contributed by atoms with Gasteiger partial charge in [0.1, 0.15) is 0 Å². The summed E-state index contributed by atoms with van der Waals surface area (Å²) >= 11 is 3.36.